The first kappa shape index (κ1) is 13.1. The second-order valence-corrected chi connectivity index (χ2v) is 5.22. The van der Waals surface area contributed by atoms with E-state index in [2.05, 4.69) is 31.9 Å². The third kappa shape index (κ3) is 2.83. The van der Waals surface area contributed by atoms with Gasteiger partial charge in [0.25, 0.3) is 0 Å². The highest BCUT2D eigenvalue weighted by Crippen LogP contribution is 2.23. The van der Waals surface area contributed by atoms with Crippen LogP contribution in [-0.2, 0) is 4.74 Å². The molecular formula is C14H19N5O. The summed E-state index contributed by atoms with van der Waals surface area (Å²) in [5.74, 6) is 2.14. The number of morpholine rings is 1. The van der Waals surface area contributed by atoms with Crippen molar-refractivity contribution < 1.29 is 4.74 Å². The van der Waals surface area contributed by atoms with Crippen LogP contribution in [0.1, 0.15) is 12.8 Å². The molecule has 1 aromatic heterocycles. The van der Waals surface area contributed by atoms with Gasteiger partial charge < -0.3 is 14.5 Å². The molecule has 106 valence electrons. The summed E-state index contributed by atoms with van der Waals surface area (Å²) < 4.78 is 5.37. The molecule has 3 heterocycles. The van der Waals surface area contributed by atoms with E-state index in [1.807, 2.05) is 0 Å². The summed E-state index contributed by atoms with van der Waals surface area (Å²) in [5, 5.41) is 8.95. The Balaban J connectivity index is 1.70. The number of nitrogens with zero attached hydrogens (tertiary/aromatic N) is 5. The van der Waals surface area contributed by atoms with Gasteiger partial charge in [-0.15, -0.1) is 0 Å². The van der Waals surface area contributed by atoms with Crippen LogP contribution in [0.15, 0.2) is 12.4 Å². The van der Waals surface area contributed by atoms with Crippen molar-refractivity contribution in [1.82, 2.24) is 9.97 Å². The topological polar surface area (TPSA) is 65.3 Å². The Morgan fingerprint density at radius 3 is 2.25 bits per heavy atom. The zero-order chi connectivity index (χ0) is 13.8. The maximum Gasteiger partial charge on any atom is 0.134 e. The van der Waals surface area contributed by atoms with E-state index in [-0.39, 0.29) is 5.92 Å². The van der Waals surface area contributed by atoms with Crippen LogP contribution in [0.4, 0.5) is 11.6 Å². The molecule has 2 saturated heterocycles. The molecule has 0 bridgehead atoms. The number of ether oxygens (including phenoxy) is 1. The Kier molecular flexibility index (Phi) is 3.97. The van der Waals surface area contributed by atoms with Crippen molar-refractivity contribution in [3.8, 4) is 6.07 Å². The second kappa shape index (κ2) is 6.06. The van der Waals surface area contributed by atoms with Crippen molar-refractivity contribution in [2.45, 2.75) is 12.8 Å². The third-order valence-electron chi connectivity index (χ3n) is 3.97. The van der Waals surface area contributed by atoms with Gasteiger partial charge in [-0.2, -0.15) is 5.26 Å². The standard InChI is InChI=1S/C14H19N5O/c15-10-12-1-3-18(4-2-12)13-9-14(17-11-16-13)19-5-7-20-8-6-19/h9,11-12H,1-8H2. The maximum atomic E-state index is 8.95. The van der Waals surface area contributed by atoms with Gasteiger partial charge in [0.2, 0.25) is 0 Å². The van der Waals surface area contributed by atoms with Crippen molar-refractivity contribution >= 4 is 11.6 Å². The van der Waals surface area contributed by atoms with Crippen LogP contribution in [-0.4, -0.2) is 49.4 Å². The molecule has 2 fully saturated rings. The molecule has 1 aromatic rings. The lowest BCUT2D eigenvalue weighted by Gasteiger charge is -2.32. The average molecular weight is 273 g/mol. The first-order valence-corrected chi connectivity index (χ1v) is 7.16. The van der Waals surface area contributed by atoms with Crippen molar-refractivity contribution in [1.29, 1.82) is 5.26 Å². The summed E-state index contributed by atoms with van der Waals surface area (Å²) in [4.78, 5) is 13.2. The Hall–Kier alpha value is -1.87. The summed E-state index contributed by atoms with van der Waals surface area (Å²) in [6.07, 6.45) is 3.48. The van der Waals surface area contributed by atoms with Gasteiger partial charge in [0, 0.05) is 38.2 Å². The lowest BCUT2D eigenvalue weighted by molar-refractivity contribution is 0.122. The average Bonchev–Trinajstić information content (AvgIpc) is 2.56. The van der Waals surface area contributed by atoms with Crippen molar-refractivity contribution in [2.24, 2.45) is 5.92 Å². The van der Waals surface area contributed by atoms with Gasteiger partial charge >= 0.3 is 0 Å². The van der Waals surface area contributed by atoms with E-state index in [1.165, 1.54) is 0 Å². The second-order valence-electron chi connectivity index (χ2n) is 5.22. The van der Waals surface area contributed by atoms with Gasteiger partial charge in [0.1, 0.15) is 18.0 Å². The van der Waals surface area contributed by atoms with Crippen LogP contribution >= 0.6 is 0 Å². The van der Waals surface area contributed by atoms with Gasteiger partial charge in [0.05, 0.1) is 19.3 Å². The van der Waals surface area contributed by atoms with Gasteiger partial charge in [0.15, 0.2) is 0 Å². The summed E-state index contributed by atoms with van der Waals surface area (Å²) in [6.45, 7) is 5.08. The van der Waals surface area contributed by atoms with Crippen LogP contribution in [0.3, 0.4) is 0 Å². The Labute approximate surface area is 119 Å². The highest BCUT2D eigenvalue weighted by Gasteiger charge is 2.21. The summed E-state index contributed by atoms with van der Waals surface area (Å²) in [6, 6.07) is 4.41. The molecule has 0 saturated carbocycles. The quantitative estimate of drug-likeness (QED) is 0.802. The number of hydrogen-bond donors (Lipinski definition) is 0. The molecule has 3 rings (SSSR count). The number of hydrogen-bond acceptors (Lipinski definition) is 6. The Bertz CT molecular complexity index is 487. The maximum absolute atomic E-state index is 8.95. The van der Waals surface area contributed by atoms with E-state index in [4.69, 9.17) is 10.00 Å². The van der Waals surface area contributed by atoms with Gasteiger partial charge in [-0.3, -0.25) is 0 Å². The van der Waals surface area contributed by atoms with Gasteiger partial charge in [-0.1, -0.05) is 0 Å². The van der Waals surface area contributed by atoms with Crippen molar-refractivity contribution in [2.75, 3.05) is 49.2 Å². The van der Waals surface area contributed by atoms with Crippen molar-refractivity contribution in [3.05, 3.63) is 12.4 Å². The number of anilines is 2. The molecule has 20 heavy (non-hydrogen) atoms. The molecular weight excluding hydrogens is 254 g/mol. The molecule has 0 amide bonds. The van der Waals surface area contributed by atoms with E-state index in [9.17, 15) is 0 Å². The molecule has 0 unspecified atom stereocenters. The smallest absolute Gasteiger partial charge is 0.134 e. The third-order valence-corrected chi connectivity index (χ3v) is 3.97. The number of piperidine rings is 1. The van der Waals surface area contributed by atoms with Crippen LogP contribution < -0.4 is 9.80 Å². The highest BCUT2D eigenvalue weighted by molar-refractivity contribution is 5.50. The van der Waals surface area contributed by atoms with Crippen LogP contribution in [0, 0.1) is 17.2 Å². The minimum absolute atomic E-state index is 0.201. The van der Waals surface area contributed by atoms with Gasteiger partial charge in [-0.25, -0.2) is 9.97 Å². The molecule has 6 nitrogen and oxygen atoms in total. The van der Waals surface area contributed by atoms with E-state index in [1.54, 1.807) is 6.33 Å². The molecule has 0 aromatic carbocycles. The largest absolute Gasteiger partial charge is 0.378 e. The molecule has 0 aliphatic carbocycles. The number of rotatable bonds is 2. The molecule has 0 radical (unpaired) electrons. The fourth-order valence-electron chi connectivity index (χ4n) is 2.71. The molecule has 0 N–H and O–H groups in total. The minimum Gasteiger partial charge on any atom is -0.378 e. The first-order valence-electron chi connectivity index (χ1n) is 7.16. The first-order chi connectivity index (χ1) is 9.86. The predicted octanol–water partition coefficient (Wildman–Crippen LogP) is 1.05. The number of nitriles is 1. The molecule has 2 aliphatic rings. The monoisotopic (exact) mass is 273 g/mol. The number of aromatic nitrogens is 2. The molecule has 6 heteroatoms. The lowest BCUT2D eigenvalue weighted by atomic mass is 9.99. The fraction of sp³-hybridized carbons (Fsp3) is 0.643. The van der Waals surface area contributed by atoms with Crippen LogP contribution in [0.2, 0.25) is 0 Å². The predicted molar refractivity (Wildman–Crippen MR) is 75.6 cm³/mol. The summed E-state index contributed by atoms with van der Waals surface area (Å²) in [7, 11) is 0. The zero-order valence-corrected chi connectivity index (χ0v) is 11.5. The molecule has 2 aliphatic heterocycles. The summed E-state index contributed by atoms with van der Waals surface area (Å²) >= 11 is 0. The summed E-state index contributed by atoms with van der Waals surface area (Å²) in [5.41, 5.74) is 0. The molecule has 0 atom stereocenters. The van der Waals surface area contributed by atoms with Gasteiger partial charge in [-0.05, 0) is 12.8 Å². The fourth-order valence-corrected chi connectivity index (χ4v) is 2.71. The normalized spacial score (nSPS) is 20.8. The van der Waals surface area contributed by atoms with Crippen LogP contribution in [0.25, 0.3) is 0 Å². The zero-order valence-electron chi connectivity index (χ0n) is 11.5. The van der Waals surface area contributed by atoms with E-state index >= 15 is 0 Å². The van der Waals surface area contributed by atoms with E-state index in [0.29, 0.717) is 0 Å². The minimum atomic E-state index is 0.201. The van der Waals surface area contributed by atoms with Crippen LogP contribution in [0.5, 0.6) is 0 Å². The highest BCUT2D eigenvalue weighted by atomic mass is 16.5. The van der Waals surface area contributed by atoms with Crippen molar-refractivity contribution in [3.63, 3.8) is 0 Å². The Morgan fingerprint density at radius 2 is 1.65 bits per heavy atom. The Morgan fingerprint density at radius 1 is 1.05 bits per heavy atom. The van der Waals surface area contributed by atoms with E-state index in [0.717, 1.165) is 63.9 Å². The lowest BCUT2D eigenvalue weighted by Crippen LogP contribution is -2.37. The molecule has 0 spiro atoms. The SMILES string of the molecule is N#CC1CCN(c2cc(N3CCOCC3)ncn2)CC1. The van der Waals surface area contributed by atoms with E-state index < -0.39 is 0 Å².